The second-order valence-electron chi connectivity index (χ2n) is 8.58. The Morgan fingerprint density at radius 1 is 1.12 bits per heavy atom. The highest BCUT2D eigenvalue weighted by molar-refractivity contribution is 5.71. The van der Waals surface area contributed by atoms with Crippen LogP contribution in [0, 0.1) is 11.7 Å². The number of hydrogen-bond donors (Lipinski definition) is 1. The molecule has 0 bridgehead atoms. The van der Waals surface area contributed by atoms with Crippen molar-refractivity contribution < 1.29 is 36.9 Å². The molecule has 1 N–H and O–H groups in total. The lowest BCUT2D eigenvalue weighted by molar-refractivity contribution is -0.147. The van der Waals surface area contributed by atoms with Gasteiger partial charge in [-0.1, -0.05) is 18.2 Å². The summed E-state index contributed by atoms with van der Waals surface area (Å²) in [5.74, 6) is -1.76. The van der Waals surface area contributed by atoms with E-state index in [2.05, 4.69) is 0 Å². The highest BCUT2D eigenvalue weighted by atomic mass is 19.4. The minimum absolute atomic E-state index is 0.123. The summed E-state index contributed by atoms with van der Waals surface area (Å²) in [6, 6.07) is 8.55. The van der Waals surface area contributed by atoms with Gasteiger partial charge in [0, 0.05) is 44.5 Å². The quantitative estimate of drug-likeness (QED) is 0.591. The van der Waals surface area contributed by atoms with Gasteiger partial charge in [0.25, 0.3) is 0 Å². The van der Waals surface area contributed by atoms with Crippen molar-refractivity contribution in [1.29, 1.82) is 0 Å². The molecule has 0 unspecified atom stereocenters. The topological polar surface area (TPSA) is 59.0 Å². The van der Waals surface area contributed by atoms with Gasteiger partial charge in [-0.05, 0) is 42.0 Å². The van der Waals surface area contributed by atoms with Crippen molar-refractivity contribution in [2.75, 3.05) is 26.3 Å². The normalized spacial score (nSPS) is 18.2. The molecular weight excluding hydrogens is 442 g/mol. The molecule has 2 aliphatic heterocycles. The molecule has 33 heavy (non-hydrogen) atoms. The molecule has 2 aliphatic rings. The number of ether oxygens (including phenoxy) is 2. The van der Waals surface area contributed by atoms with Crippen molar-refractivity contribution in [1.82, 2.24) is 4.90 Å². The zero-order valence-corrected chi connectivity index (χ0v) is 17.9. The highest BCUT2D eigenvalue weighted by Gasteiger charge is 2.36. The first-order valence-corrected chi connectivity index (χ1v) is 10.8. The van der Waals surface area contributed by atoms with E-state index in [4.69, 9.17) is 14.6 Å². The fraction of sp³-hybridized carbons (Fsp3) is 0.458. The summed E-state index contributed by atoms with van der Waals surface area (Å²) in [5.41, 5.74) is 0.376. The molecule has 0 radical (unpaired) electrons. The molecule has 0 atom stereocenters. The van der Waals surface area contributed by atoms with E-state index in [0.717, 1.165) is 6.07 Å². The first-order valence-electron chi connectivity index (χ1n) is 10.8. The average molecular weight is 467 g/mol. The SMILES string of the molecule is O=C(O)C1CN(Cc2ccc(OCc3ccc(C4CCOCC4)c(C(F)(F)F)c3)cc2F)C1. The number of benzene rings is 2. The summed E-state index contributed by atoms with van der Waals surface area (Å²) >= 11 is 0. The van der Waals surface area contributed by atoms with E-state index in [1.54, 1.807) is 18.2 Å². The third kappa shape index (κ3) is 5.65. The predicted octanol–water partition coefficient (Wildman–Crippen LogP) is 4.83. The summed E-state index contributed by atoms with van der Waals surface area (Å²) in [7, 11) is 0. The molecule has 9 heteroatoms. The average Bonchev–Trinajstić information content (AvgIpc) is 2.75. The van der Waals surface area contributed by atoms with Gasteiger partial charge in [0.1, 0.15) is 18.2 Å². The van der Waals surface area contributed by atoms with E-state index in [1.165, 1.54) is 12.1 Å². The summed E-state index contributed by atoms with van der Waals surface area (Å²) in [5, 5.41) is 8.92. The monoisotopic (exact) mass is 467 g/mol. The van der Waals surface area contributed by atoms with E-state index >= 15 is 0 Å². The van der Waals surface area contributed by atoms with Crippen LogP contribution in [0.15, 0.2) is 36.4 Å². The Labute approximate surface area is 188 Å². The second-order valence-corrected chi connectivity index (χ2v) is 8.58. The van der Waals surface area contributed by atoms with Crippen LogP contribution in [-0.2, 0) is 28.9 Å². The standard InChI is InChI=1S/C24H25F4NO4/c25-22-10-19(3-2-17(22)11-29-12-18(13-29)23(30)31)33-14-15-1-4-20(16-5-7-32-8-6-16)21(9-15)24(26,27)28/h1-4,9-10,16,18H,5-8,11-14H2,(H,30,31). The number of aliphatic carboxylic acids is 1. The van der Waals surface area contributed by atoms with Gasteiger partial charge >= 0.3 is 12.1 Å². The summed E-state index contributed by atoms with van der Waals surface area (Å²) < 4.78 is 66.3. The number of halogens is 4. The number of alkyl halides is 3. The Bertz CT molecular complexity index is 998. The number of likely N-dealkylation sites (tertiary alicyclic amines) is 1. The van der Waals surface area contributed by atoms with E-state index in [-0.39, 0.29) is 23.8 Å². The smallest absolute Gasteiger partial charge is 0.416 e. The maximum Gasteiger partial charge on any atom is 0.416 e. The minimum atomic E-state index is -4.48. The van der Waals surface area contributed by atoms with Gasteiger partial charge in [-0.2, -0.15) is 13.2 Å². The summed E-state index contributed by atoms with van der Waals surface area (Å²) in [4.78, 5) is 12.7. The molecule has 2 saturated heterocycles. The number of rotatable bonds is 7. The molecule has 0 spiro atoms. The first-order chi connectivity index (χ1) is 15.7. The molecular formula is C24H25F4NO4. The van der Waals surface area contributed by atoms with Crippen molar-refractivity contribution in [2.24, 2.45) is 5.92 Å². The molecule has 2 aromatic rings. The minimum Gasteiger partial charge on any atom is -0.489 e. The molecule has 2 heterocycles. The third-order valence-electron chi connectivity index (χ3n) is 6.21. The molecule has 0 aliphatic carbocycles. The van der Waals surface area contributed by atoms with Gasteiger partial charge in [0.2, 0.25) is 0 Å². The van der Waals surface area contributed by atoms with Crippen molar-refractivity contribution in [3.05, 3.63) is 64.5 Å². The van der Waals surface area contributed by atoms with Gasteiger partial charge in [-0.3, -0.25) is 9.69 Å². The van der Waals surface area contributed by atoms with E-state index in [9.17, 15) is 22.4 Å². The van der Waals surface area contributed by atoms with Crippen molar-refractivity contribution in [2.45, 2.75) is 38.1 Å². The van der Waals surface area contributed by atoms with Crippen molar-refractivity contribution >= 4 is 5.97 Å². The molecule has 0 aromatic heterocycles. The maximum absolute atomic E-state index is 14.4. The van der Waals surface area contributed by atoms with Gasteiger partial charge < -0.3 is 14.6 Å². The van der Waals surface area contributed by atoms with Crippen molar-refractivity contribution in [3.8, 4) is 5.75 Å². The molecule has 2 fully saturated rings. The number of carboxylic acids is 1. The fourth-order valence-corrected chi connectivity index (χ4v) is 4.31. The lowest BCUT2D eigenvalue weighted by Gasteiger charge is -2.36. The Morgan fingerprint density at radius 3 is 2.48 bits per heavy atom. The first kappa shape index (κ1) is 23.5. The number of carboxylic acid groups (broad SMARTS) is 1. The fourth-order valence-electron chi connectivity index (χ4n) is 4.31. The van der Waals surface area contributed by atoms with E-state index in [0.29, 0.717) is 56.8 Å². The van der Waals surface area contributed by atoms with Crippen LogP contribution in [0.2, 0.25) is 0 Å². The van der Waals surface area contributed by atoms with Crippen LogP contribution >= 0.6 is 0 Å². The van der Waals surface area contributed by atoms with Crippen LogP contribution in [0.1, 0.15) is 41.0 Å². The highest BCUT2D eigenvalue weighted by Crippen LogP contribution is 2.39. The molecule has 2 aromatic carbocycles. The van der Waals surface area contributed by atoms with Gasteiger partial charge in [0.05, 0.1) is 11.5 Å². The van der Waals surface area contributed by atoms with Crippen LogP contribution in [0.3, 0.4) is 0 Å². The Balaban J connectivity index is 1.40. The molecule has 0 saturated carbocycles. The number of carbonyl (C=O) groups is 1. The Kier molecular flexibility index (Phi) is 6.90. The Hall–Kier alpha value is -2.65. The zero-order valence-electron chi connectivity index (χ0n) is 17.9. The summed E-state index contributed by atoms with van der Waals surface area (Å²) in [6.07, 6.45) is -3.37. The van der Waals surface area contributed by atoms with E-state index in [1.807, 2.05) is 4.90 Å². The third-order valence-corrected chi connectivity index (χ3v) is 6.21. The molecule has 178 valence electrons. The maximum atomic E-state index is 14.4. The van der Waals surface area contributed by atoms with Crippen molar-refractivity contribution in [3.63, 3.8) is 0 Å². The largest absolute Gasteiger partial charge is 0.489 e. The van der Waals surface area contributed by atoms with E-state index < -0.39 is 29.4 Å². The van der Waals surface area contributed by atoms with Gasteiger partial charge in [0.15, 0.2) is 0 Å². The van der Waals surface area contributed by atoms with Crippen LogP contribution in [0.25, 0.3) is 0 Å². The second kappa shape index (κ2) is 9.69. The van der Waals surface area contributed by atoms with Gasteiger partial charge in [-0.15, -0.1) is 0 Å². The van der Waals surface area contributed by atoms with Crippen LogP contribution in [-0.4, -0.2) is 42.3 Å². The van der Waals surface area contributed by atoms with Crippen LogP contribution in [0.4, 0.5) is 17.6 Å². The zero-order chi connectivity index (χ0) is 23.6. The molecule has 4 rings (SSSR count). The van der Waals surface area contributed by atoms with Crippen LogP contribution < -0.4 is 4.74 Å². The van der Waals surface area contributed by atoms with Gasteiger partial charge in [-0.25, -0.2) is 4.39 Å². The lowest BCUT2D eigenvalue weighted by atomic mass is 9.87. The molecule has 5 nitrogen and oxygen atoms in total. The Morgan fingerprint density at radius 2 is 1.85 bits per heavy atom. The van der Waals surface area contributed by atoms with Crippen LogP contribution in [0.5, 0.6) is 5.75 Å². The number of nitrogens with zero attached hydrogens (tertiary/aromatic N) is 1. The predicted molar refractivity (Wildman–Crippen MR) is 111 cm³/mol. The lowest BCUT2D eigenvalue weighted by Crippen LogP contribution is -2.49. The summed E-state index contributed by atoms with van der Waals surface area (Å²) in [6.45, 7) is 1.82. The number of hydrogen-bond acceptors (Lipinski definition) is 4. The molecule has 0 amide bonds.